The molecule has 0 aliphatic heterocycles. The molecular formula is C21H18BrN3O6. The predicted molar refractivity (Wildman–Crippen MR) is 119 cm³/mol. The van der Waals surface area contributed by atoms with E-state index >= 15 is 0 Å². The summed E-state index contributed by atoms with van der Waals surface area (Å²) in [6.07, 6.45) is 3.07. The molecule has 1 amide bonds. The molecule has 1 aromatic heterocycles. The third-order valence-corrected chi connectivity index (χ3v) is 4.71. The fourth-order valence-electron chi connectivity index (χ4n) is 2.65. The second-order valence-electron chi connectivity index (χ2n) is 6.14. The fourth-order valence-corrected chi connectivity index (χ4v) is 3.08. The van der Waals surface area contributed by atoms with Crippen LogP contribution in [0.4, 0.5) is 5.69 Å². The molecule has 0 unspecified atom stereocenters. The zero-order chi connectivity index (χ0) is 22.4. The first kappa shape index (κ1) is 22.0. The maximum atomic E-state index is 12.3. The number of nitro benzene ring substituents is 1. The van der Waals surface area contributed by atoms with Crippen molar-refractivity contribution in [3.05, 3.63) is 75.0 Å². The van der Waals surface area contributed by atoms with Gasteiger partial charge in [-0.3, -0.25) is 14.9 Å². The average Bonchev–Trinajstić information content (AvgIpc) is 3.18. The highest BCUT2D eigenvalue weighted by Crippen LogP contribution is 2.33. The van der Waals surface area contributed by atoms with Gasteiger partial charge in [-0.05, 0) is 47.1 Å². The number of hydrazone groups is 1. The number of nitro groups is 1. The van der Waals surface area contributed by atoms with E-state index in [2.05, 4.69) is 33.0 Å². The number of amides is 1. The molecule has 0 saturated heterocycles. The first-order valence-corrected chi connectivity index (χ1v) is 9.93. The van der Waals surface area contributed by atoms with Crippen LogP contribution in [0.15, 0.2) is 63.0 Å². The van der Waals surface area contributed by atoms with E-state index in [1.54, 1.807) is 18.2 Å². The van der Waals surface area contributed by atoms with Gasteiger partial charge in [0.25, 0.3) is 5.69 Å². The lowest BCUT2D eigenvalue weighted by Gasteiger charge is -2.12. The Bertz CT molecular complexity index is 1170. The van der Waals surface area contributed by atoms with Gasteiger partial charge in [0, 0.05) is 27.6 Å². The van der Waals surface area contributed by atoms with Crippen LogP contribution in [0.25, 0.3) is 11.0 Å². The lowest BCUT2D eigenvalue weighted by atomic mass is 10.2. The van der Waals surface area contributed by atoms with E-state index in [4.69, 9.17) is 13.9 Å². The number of carbonyl (C=O) groups is 1. The Labute approximate surface area is 185 Å². The normalized spacial score (nSPS) is 10.9. The smallest absolute Gasteiger partial charge is 0.307 e. The summed E-state index contributed by atoms with van der Waals surface area (Å²) in [6, 6.07) is 8.96. The topological polar surface area (TPSA) is 116 Å². The third kappa shape index (κ3) is 5.28. The van der Waals surface area contributed by atoms with E-state index in [-0.39, 0.29) is 11.4 Å². The number of ether oxygens (including phenoxy) is 2. The van der Waals surface area contributed by atoms with Crippen LogP contribution >= 0.6 is 15.9 Å². The van der Waals surface area contributed by atoms with E-state index in [9.17, 15) is 14.9 Å². The number of hydrogen-bond acceptors (Lipinski definition) is 7. The maximum Gasteiger partial charge on any atom is 0.307 e. The molecular weight excluding hydrogens is 470 g/mol. The molecule has 0 aliphatic rings. The highest BCUT2D eigenvalue weighted by Gasteiger charge is 2.15. The van der Waals surface area contributed by atoms with Crippen LogP contribution in [0.1, 0.15) is 23.0 Å². The van der Waals surface area contributed by atoms with Gasteiger partial charge in [-0.1, -0.05) is 12.7 Å². The van der Waals surface area contributed by atoms with Crippen molar-refractivity contribution in [1.29, 1.82) is 0 Å². The first-order valence-electron chi connectivity index (χ1n) is 9.14. The number of rotatable bonds is 9. The Morgan fingerprint density at radius 1 is 1.29 bits per heavy atom. The van der Waals surface area contributed by atoms with Crippen molar-refractivity contribution in [2.45, 2.75) is 6.92 Å². The number of furan rings is 1. The summed E-state index contributed by atoms with van der Waals surface area (Å²) in [5, 5.41) is 15.3. The van der Waals surface area contributed by atoms with Crippen LogP contribution in [-0.2, 0) is 0 Å². The van der Waals surface area contributed by atoms with Crippen LogP contribution in [0.2, 0.25) is 0 Å². The van der Waals surface area contributed by atoms with Crippen LogP contribution in [0.5, 0.6) is 11.5 Å². The molecule has 3 rings (SSSR count). The van der Waals surface area contributed by atoms with Crippen molar-refractivity contribution >= 4 is 44.7 Å². The molecule has 1 heterocycles. The van der Waals surface area contributed by atoms with Gasteiger partial charge in [0.05, 0.1) is 17.7 Å². The molecule has 160 valence electrons. The summed E-state index contributed by atoms with van der Waals surface area (Å²) >= 11 is 3.44. The van der Waals surface area contributed by atoms with Crippen molar-refractivity contribution in [3.63, 3.8) is 0 Å². The van der Waals surface area contributed by atoms with Gasteiger partial charge in [0.1, 0.15) is 12.2 Å². The van der Waals surface area contributed by atoms with Crippen LogP contribution in [-0.4, -0.2) is 30.3 Å². The summed E-state index contributed by atoms with van der Waals surface area (Å²) in [4.78, 5) is 22.7. The number of carbonyl (C=O) groups excluding carboxylic acids is 1. The lowest BCUT2D eigenvalue weighted by molar-refractivity contribution is -0.384. The quantitative estimate of drug-likeness (QED) is 0.200. The monoisotopic (exact) mass is 487 g/mol. The van der Waals surface area contributed by atoms with Crippen LogP contribution in [0, 0.1) is 10.1 Å². The molecule has 0 aliphatic carbocycles. The standard InChI is InChI=1S/C21H18BrN3O6/c1-3-7-30-19-11-16(22)14(10-18(19)29-4-2)12-23-24-21(26)20-9-13-8-15(25(27)28)5-6-17(13)31-20/h3,5-6,8-12H,1,4,7H2,2H3,(H,24,26)/b23-12-. The zero-order valence-electron chi connectivity index (χ0n) is 16.5. The van der Waals surface area contributed by atoms with Crippen molar-refractivity contribution in [3.8, 4) is 11.5 Å². The minimum Gasteiger partial charge on any atom is -0.490 e. The highest BCUT2D eigenvalue weighted by molar-refractivity contribution is 9.10. The van der Waals surface area contributed by atoms with Gasteiger partial charge < -0.3 is 13.9 Å². The van der Waals surface area contributed by atoms with E-state index < -0.39 is 10.8 Å². The van der Waals surface area contributed by atoms with Gasteiger partial charge in [-0.25, -0.2) is 5.43 Å². The molecule has 9 nitrogen and oxygen atoms in total. The predicted octanol–water partition coefficient (Wildman–Crippen LogP) is 4.83. The number of hydrogen-bond donors (Lipinski definition) is 1. The maximum absolute atomic E-state index is 12.3. The minimum absolute atomic E-state index is 0.0186. The summed E-state index contributed by atoms with van der Waals surface area (Å²) in [5.74, 6) is 0.461. The largest absolute Gasteiger partial charge is 0.490 e. The summed E-state index contributed by atoms with van der Waals surface area (Å²) in [5.41, 5.74) is 3.29. The van der Waals surface area contributed by atoms with Gasteiger partial charge in [0.15, 0.2) is 17.3 Å². The molecule has 0 spiro atoms. The van der Waals surface area contributed by atoms with Gasteiger partial charge in [0.2, 0.25) is 0 Å². The van der Waals surface area contributed by atoms with Gasteiger partial charge in [-0.2, -0.15) is 5.10 Å². The van der Waals surface area contributed by atoms with Crippen LogP contribution < -0.4 is 14.9 Å². The third-order valence-electron chi connectivity index (χ3n) is 4.02. The highest BCUT2D eigenvalue weighted by atomic mass is 79.9. The number of nitrogens with zero attached hydrogens (tertiary/aromatic N) is 2. The average molecular weight is 488 g/mol. The molecule has 0 fully saturated rings. The fraction of sp³-hybridized carbons (Fsp3) is 0.143. The van der Waals surface area contributed by atoms with E-state index in [1.165, 1.54) is 30.5 Å². The second kappa shape index (κ2) is 9.90. The first-order chi connectivity index (χ1) is 14.9. The Morgan fingerprint density at radius 2 is 2.06 bits per heavy atom. The number of non-ortho nitro benzene ring substituents is 1. The SMILES string of the molecule is C=CCOc1cc(Br)c(/C=N\NC(=O)c2cc3cc([N+](=O)[O-])ccc3o2)cc1OCC. The number of halogens is 1. The van der Waals surface area contributed by atoms with E-state index in [0.29, 0.717) is 45.7 Å². The van der Waals surface area contributed by atoms with Crippen molar-refractivity contribution in [2.75, 3.05) is 13.2 Å². The van der Waals surface area contributed by atoms with E-state index in [1.807, 2.05) is 6.92 Å². The molecule has 2 aromatic carbocycles. The van der Waals surface area contributed by atoms with Gasteiger partial charge >= 0.3 is 5.91 Å². The molecule has 31 heavy (non-hydrogen) atoms. The molecule has 3 aromatic rings. The number of fused-ring (bicyclic) bond motifs is 1. The Hall–Kier alpha value is -3.66. The Morgan fingerprint density at radius 3 is 2.77 bits per heavy atom. The van der Waals surface area contributed by atoms with E-state index in [0.717, 1.165) is 0 Å². The van der Waals surface area contributed by atoms with Crippen molar-refractivity contribution in [1.82, 2.24) is 5.43 Å². The second-order valence-corrected chi connectivity index (χ2v) is 7.00. The molecule has 0 atom stereocenters. The Balaban J connectivity index is 1.75. The molecule has 0 radical (unpaired) electrons. The number of benzene rings is 2. The minimum atomic E-state index is -0.595. The zero-order valence-corrected chi connectivity index (χ0v) is 18.0. The summed E-state index contributed by atoms with van der Waals surface area (Å²) in [7, 11) is 0. The van der Waals surface area contributed by atoms with Gasteiger partial charge in [-0.15, -0.1) is 0 Å². The molecule has 1 N–H and O–H groups in total. The van der Waals surface area contributed by atoms with Crippen LogP contribution in [0.3, 0.4) is 0 Å². The van der Waals surface area contributed by atoms with Crippen molar-refractivity contribution < 1.29 is 23.6 Å². The molecule has 0 saturated carbocycles. The number of nitrogens with one attached hydrogen (secondary N) is 1. The summed E-state index contributed by atoms with van der Waals surface area (Å²) in [6.45, 7) is 6.26. The van der Waals surface area contributed by atoms with Crippen molar-refractivity contribution in [2.24, 2.45) is 5.10 Å². The lowest BCUT2D eigenvalue weighted by Crippen LogP contribution is -2.16. The summed E-state index contributed by atoms with van der Waals surface area (Å²) < 4.78 is 17.3. The molecule has 0 bridgehead atoms. The Kier molecular flexibility index (Phi) is 7.03. The molecule has 10 heteroatoms.